The molecule has 1 heterocycles. The summed E-state index contributed by atoms with van der Waals surface area (Å²) in [5.41, 5.74) is 3.70. The third kappa shape index (κ3) is 3.77. The van der Waals surface area contributed by atoms with Crippen LogP contribution in [0.2, 0.25) is 0 Å². The molecule has 1 aliphatic heterocycles. The molecule has 8 heteroatoms. The molecule has 118 valence electrons. The SMILES string of the molecule is Fc1ccccc1NC(=S)N/N=C\c1cc2c(cc1Br)OCO2. The fraction of sp³-hybridized carbons (Fsp3) is 0.0667. The molecule has 2 N–H and O–H groups in total. The Kier molecular flexibility index (Phi) is 4.73. The Morgan fingerprint density at radius 2 is 2.00 bits per heavy atom. The van der Waals surface area contributed by atoms with E-state index in [9.17, 15) is 4.39 Å². The van der Waals surface area contributed by atoms with Crippen LogP contribution in [0.25, 0.3) is 0 Å². The van der Waals surface area contributed by atoms with Crippen LogP contribution in [0.5, 0.6) is 11.5 Å². The van der Waals surface area contributed by atoms with E-state index < -0.39 is 0 Å². The van der Waals surface area contributed by atoms with Gasteiger partial charge in [-0.3, -0.25) is 5.43 Å². The van der Waals surface area contributed by atoms with E-state index in [1.165, 1.54) is 6.07 Å². The van der Waals surface area contributed by atoms with Crippen LogP contribution in [0.3, 0.4) is 0 Å². The van der Waals surface area contributed by atoms with E-state index in [0.717, 1.165) is 10.0 Å². The summed E-state index contributed by atoms with van der Waals surface area (Å²) >= 11 is 8.49. The molecule has 2 aromatic rings. The number of anilines is 1. The van der Waals surface area contributed by atoms with Crippen molar-refractivity contribution in [2.45, 2.75) is 0 Å². The standard InChI is InChI=1S/C15H11BrFN3O2S/c16-10-6-14-13(21-8-22-14)5-9(10)7-18-20-15(23)19-12-4-2-1-3-11(12)17/h1-7H,8H2,(H2,19,20,23)/b18-7-. The highest BCUT2D eigenvalue weighted by Gasteiger charge is 2.15. The van der Waals surface area contributed by atoms with Crippen LogP contribution >= 0.6 is 28.1 Å². The minimum atomic E-state index is -0.390. The maximum absolute atomic E-state index is 13.5. The summed E-state index contributed by atoms with van der Waals surface area (Å²) in [4.78, 5) is 0. The number of rotatable bonds is 3. The Labute approximate surface area is 145 Å². The van der Waals surface area contributed by atoms with Crippen molar-refractivity contribution in [3.63, 3.8) is 0 Å². The van der Waals surface area contributed by atoms with Gasteiger partial charge in [0.05, 0.1) is 11.9 Å². The van der Waals surface area contributed by atoms with Gasteiger partial charge in [-0.2, -0.15) is 5.10 Å². The van der Waals surface area contributed by atoms with E-state index in [4.69, 9.17) is 21.7 Å². The van der Waals surface area contributed by atoms with Gasteiger partial charge in [-0.25, -0.2) is 4.39 Å². The normalized spacial score (nSPS) is 12.4. The van der Waals surface area contributed by atoms with Gasteiger partial charge in [0.25, 0.3) is 0 Å². The largest absolute Gasteiger partial charge is 0.454 e. The van der Waals surface area contributed by atoms with Crippen LogP contribution in [-0.4, -0.2) is 18.1 Å². The summed E-state index contributed by atoms with van der Waals surface area (Å²) in [5.74, 6) is 0.944. The molecule has 0 atom stereocenters. The summed E-state index contributed by atoms with van der Waals surface area (Å²) in [5, 5.41) is 6.94. The Balaban J connectivity index is 1.63. The number of nitrogens with one attached hydrogen (secondary N) is 2. The van der Waals surface area contributed by atoms with Crippen LogP contribution in [0.15, 0.2) is 46.0 Å². The van der Waals surface area contributed by atoms with E-state index >= 15 is 0 Å². The third-order valence-electron chi connectivity index (χ3n) is 2.98. The van der Waals surface area contributed by atoms with Crippen molar-refractivity contribution < 1.29 is 13.9 Å². The van der Waals surface area contributed by atoms with E-state index in [2.05, 4.69) is 31.8 Å². The Morgan fingerprint density at radius 3 is 2.78 bits per heavy atom. The third-order valence-corrected chi connectivity index (χ3v) is 3.86. The Hall–Kier alpha value is -2.19. The molecule has 3 rings (SSSR count). The number of para-hydroxylation sites is 1. The molecule has 0 aliphatic carbocycles. The molecule has 1 aliphatic rings. The van der Waals surface area contributed by atoms with Crippen molar-refractivity contribution in [3.8, 4) is 11.5 Å². The first-order valence-corrected chi connectivity index (χ1v) is 7.77. The number of nitrogens with zero attached hydrogens (tertiary/aromatic N) is 1. The van der Waals surface area contributed by atoms with Gasteiger partial charge in [-0.15, -0.1) is 0 Å². The highest BCUT2D eigenvalue weighted by atomic mass is 79.9. The van der Waals surface area contributed by atoms with Gasteiger partial charge in [0.1, 0.15) is 5.82 Å². The summed E-state index contributed by atoms with van der Waals surface area (Å²) < 4.78 is 24.9. The summed E-state index contributed by atoms with van der Waals surface area (Å²) in [6.07, 6.45) is 1.57. The van der Waals surface area contributed by atoms with E-state index in [0.29, 0.717) is 11.5 Å². The van der Waals surface area contributed by atoms with Gasteiger partial charge in [-0.05, 0) is 52.4 Å². The Morgan fingerprint density at radius 1 is 1.26 bits per heavy atom. The van der Waals surface area contributed by atoms with Crippen LogP contribution in [-0.2, 0) is 0 Å². The molecular formula is C15H11BrFN3O2S. The predicted molar refractivity (Wildman–Crippen MR) is 93.6 cm³/mol. The van der Waals surface area contributed by atoms with E-state index in [1.54, 1.807) is 36.5 Å². The van der Waals surface area contributed by atoms with Crippen molar-refractivity contribution in [1.29, 1.82) is 0 Å². The zero-order valence-corrected chi connectivity index (χ0v) is 14.1. The lowest BCUT2D eigenvalue weighted by Gasteiger charge is -2.07. The van der Waals surface area contributed by atoms with E-state index in [1.807, 2.05) is 0 Å². The van der Waals surface area contributed by atoms with Crippen LogP contribution in [0, 0.1) is 5.82 Å². The molecule has 2 aromatic carbocycles. The van der Waals surface area contributed by atoms with Crippen molar-refractivity contribution in [1.82, 2.24) is 5.43 Å². The van der Waals surface area contributed by atoms with E-state index in [-0.39, 0.29) is 23.4 Å². The lowest BCUT2D eigenvalue weighted by Crippen LogP contribution is -2.24. The number of halogens is 2. The number of fused-ring (bicyclic) bond motifs is 1. The molecule has 0 amide bonds. The molecule has 0 spiro atoms. The number of ether oxygens (including phenoxy) is 2. The molecule has 0 radical (unpaired) electrons. The molecule has 0 saturated carbocycles. The van der Waals surface area contributed by atoms with Gasteiger partial charge in [0, 0.05) is 10.0 Å². The molecule has 0 aromatic heterocycles. The summed E-state index contributed by atoms with van der Waals surface area (Å²) in [7, 11) is 0. The van der Waals surface area contributed by atoms with Crippen molar-refractivity contribution in [2.24, 2.45) is 5.10 Å². The minimum absolute atomic E-state index is 0.184. The molecule has 23 heavy (non-hydrogen) atoms. The monoisotopic (exact) mass is 395 g/mol. The number of benzene rings is 2. The van der Waals surface area contributed by atoms with Gasteiger partial charge in [0.15, 0.2) is 16.6 Å². The molecule has 5 nitrogen and oxygen atoms in total. The molecule has 0 saturated heterocycles. The lowest BCUT2D eigenvalue weighted by molar-refractivity contribution is 0.174. The minimum Gasteiger partial charge on any atom is -0.454 e. The molecule has 0 bridgehead atoms. The summed E-state index contributed by atoms with van der Waals surface area (Å²) in [6, 6.07) is 9.84. The maximum Gasteiger partial charge on any atom is 0.231 e. The highest BCUT2D eigenvalue weighted by Crippen LogP contribution is 2.36. The average Bonchev–Trinajstić information content (AvgIpc) is 2.97. The first-order chi connectivity index (χ1) is 11.1. The summed E-state index contributed by atoms with van der Waals surface area (Å²) in [6.45, 7) is 0.206. The quantitative estimate of drug-likeness (QED) is 0.472. The predicted octanol–water partition coefficient (Wildman–Crippen LogP) is 3.64. The second-order valence-corrected chi connectivity index (χ2v) is 5.79. The smallest absolute Gasteiger partial charge is 0.231 e. The lowest BCUT2D eigenvalue weighted by atomic mass is 10.2. The van der Waals surface area contributed by atoms with Gasteiger partial charge < -0.3 is 14.8 Å². The van der Waals surface area contributed by atoms with Crippen LogP contribution in [0.4, 0.5) is 10.1 Å². The highest BCUT2D eigenvalue weighted by molar-refractivity contribution is 9.10. The average molecular weight is 396 g/mol. The number of thiocarbonyl (C=S) groups is 1. The second kappa shape index (κ2) is 6.93. The molecule has 0 unspecified atom stereocenters. The first kappa shape index (κ1) is 15.7. The fourth-order valence-corrected chi connectivity index (χ4v) is 2.49. The van der Waals surface area contributed by atoms with Gasteiger partial charge >= 0.3 is 0 Å². The number of hydrogen-bond donors (Lipinski definition) is 2. The topological polar surface area (TPSA) is 54.9 Å². The second-order valence-electron chi connectivity index (χ2n) is 4.53. The fourth-order valence-electron chi connectivity index (χ4n) is 1.91. The zero-order valence-electron chi connectivity index (χ0n) is 11.7. The number of hydrazone groups is 1. The van der Waals surface area contributed by atoms with Crippen molar-refractivity contribution in [3.05, 3.63) is 52.3 Å². The number of hydrogen-bond acceptors (Lipinski definition) is 4. The maximum atomic E-state index is 13.5. The van der Waals surface area contributed by atoms with Gasteiger partial charge in [0.2, 0.25) is 6.79 Å². The molecule has 0 fully saturated rings. The molecular weight excluding hydrogens is 385 g/mol. The zero-order chi connectivity index (χ0) is 16.2. The van der Waals surface area contributed by atoms with Gasteiger partial charge in [-0.1, -0.05) is 12.1 Å². The first-order valence-electron chi connectivity index (χ1n) is 6.57. The Bertz CT molecular complexity index is 785. The van der Waals surface area contributed by atoms with Crippen molar-refractivity contribution in [2.75, 3.05) is 12.1 Å². The van der Waals surface area contributed by atoms with Crippen molar-refractivity contribution >= 4 is 45.2 Å². The van der Waals surface area contributed by atoms with Crippen LogP contribution < -0.4 is 20.2 Å². The van der Waals surface area contributed by atoms with Crippen LogP contribution in [0.1, 0.15) is 5.56 Å².